The lowest BCUT2D eigenvalue weighted by atomic mass is 9.94. The highest BCUT2D eigenvalue weighted by atomic mass is 16.5. The smallest absolute Gasteiger partial charge is 0.255 e. The molecule has 1 atom stereocenters. The molecule has 8 nitrogen and oxygen atoms in total. The van der Waals surface area contributed by atoms with Gasteiger partial charge in [-0.3, -0.25) is 4.79 Å². The Hall–Kier alpha value is -4.90. The summed E-state index contributed by atoms with van der Waals surface area (Å²) in [5.41, 5.74) is 3.91. The summed E-state index contributed by atoms with van der Waals surface area (Å²) in [6, 6.07) is 25.6. The number of benzene rings is 3. The average molecular weight is 463 g/mol. The maximum absolute atomic E-state index is 13.7. The van der Waals surface area contributed by atoms with Crippen LogP contribution in [0.5, 0.6) is 5.75 Å². The number of nitriles is 1. The van der Waals surface area contributed by atoms with Gasteiger partial charge in [0, 0.05) is 11.3 Å². The second-order valence-electron chi connectivity index (χ2n) is 8.02. The molecule has 2 N–H and O–H groups in total. The molecule has 1 aromatic heterocycles. The fourth-order valence-corrected chi connectivity index (χ4v) is 4.14. The van der Waals surface area contributed by atoms with Crippen LogP contribution in [0.15, 0.2) is 90.1 Å². The average Bonchev–Trinajstić information content (AvgIpc) is 3.32. The van der Waals surface area contributed by atoms with Crippen LogP contribution in [0.1, 0.15) is 24.1 Å². The molecule has 0 bridgehead atoms. The van der Waals surface area contributed by atoms with Crippen molar-refractivity contribution < 1.29 is 9.53 Å². The van der Waals surface area contributed by atoms with Crippen molar-refractivity contribution in [3.8, 4) is 23.2 Å². The first-order valence-corrected chi connectivity index (χ1v) is 11.0. The minimum atomic E-state index is -0.557. The second-order valence-corrected chi connectivity index (χ2v) is 8.02. The summed E-state index contributed by atoms with van der Waals surface area (Å²) >= 11 is 0. The number of nitrogens with one attached hydrogen (secondary N) is 2. The van der Waals surface area contributed by atoms with Crippen molar-refractivity contribution >= 4 is 17.5 Å². The van der Waals surface area contributed by atoms with E-state index in [4.69, 9.17) is 9.84 Å². The molecule has 2 heterocycles. The van der Waals surface area contributed by atoms with E-state index in [1.807, 2.05) is 61.5 Å². The Morgan fingerprint density at radius 3 is 2.49 bits per heavy atom. The molecule has 1 aliphatic rings. The minimum Gasteiger partial charge on any atom is -0.495 e. The van der Waals surface area contributed by atoms with Gasteiger partial charge in [0.05, 0.1) is 30.0 Å². The van der Waals surface area contributed by atoms with Crippen molar-refractivity contribution in [3.05, 3.63) is 101 Å². The van der Waals surface area contributed by atoms with Crippen molar-refractivity contribution in [1.29, 1.82) is 5.26 Å². The van der Waals surface area contributed by atoms with Crippen molar-refractivity contribution in [2.75, 3.05) is 17.7 Å². The molecule has 0 saturated carbocycles. The van der Waals surface area contributed by atoms with Crippen molar-refractivity contribution in [3.63, 3.8) is 0 Å². The first-order chi connectivity index (χ1) is 17.1. The Balaban J connectivity index is 1.60. The van der Waals surface area contributed by atoms with Gasteiger partial charge < -0.3 is 15.4 Å². The highest BCUT2D eigenvalue weighted by Crippen LogP contribution is 2.37. The summed E-state index contributed by atoms with van der Waals surface area (Å²) in [5.74, 6) is 1.34. The molecule has 172 valence electrons. The number of fused-ring (bicyclic) bond motifs is 1. The Kier molecular flexibility index (Phi) is 5.73. The van der Waals surface area contributed by atoms with E-state index in [0.29, 0.717) is 40.0 Å². The molecule has 0 radical (unpaired) electrons. The highest BCUT2D eigenvalue weighted by molar-refractivity contribution is 6.06. The van der Waals surface area contributed by atoms with E-state index in [1.54, 1.807) is 36.1 Å². The third-order valence-electron chi connectivity index (χ3n) is 5.84. The van der Waals surface area contributed by atoms with Crippen LogP contribution in [-0.4, -0.2) is 27.8 Å². The number of amides is 1. The van der Waals surface area contributed by atoms with Gasteiger partial charge in [-0.2, -0.15) is 10.2 Å². The Morgan fingerprint density at radius 1 is 1.06 bits per heavy atom. The molecule has 1 aliphatic heterocycles. The molecular weight excluding hydrogens is 440 g/mol. The predicted molar refractivity (Wildman–Crippen MR) is 133 cm³/mol. The zero-order valence-electron chi connectivity index (χ0n) is 19.2. The van der Waals surface area contributed by atoms with Crippen LogP contribution in [0.25, 0.3) is 11.4 Å². The molecule has 5 rings (SSSR count). The Bertz CT molecular complexity index is 1470. The normalized spacial score (nSPS) is 14.5. The van der Waals surface area contributed by atoms with Crippen molar-refractivity contribution in [1.82, 2.24) is 14.8 Å². The first kappa shape index (κ1) is 21.9. The lowest BCUT2D eigenvalue weighted by Crippen LogP contribution is -2.31. The number of hydrogen-bond donors (Lipinski definition) is 2. The maximum Gasteiger partial charge on any atom is 0.255 e. The second kappa shape index (κ2) is 9.15. The van der Waals surface area contributed by atoms with Gasteiger partial charge in [-0.15, -0.1) is 5.10 Å². The number of hydrogen-bond acceptors (Lipinski definition) is 6. The van der Waals surface area contributed by atoms with E-state index in [-0.39, 0.29) is 5.91 Å². The van der Waals surface area contributed by atoms with Crippen LogP contribution < -0.4 is 15.4 Å². The maximum atomic E-state index is 13.7. The van der Waals surface area contributed by atoms with Crippen LogP contribution in [0.3, 0.4) is 0 Å². The standard InChI is InChI=1S/C27H22N6O2/c1-17-23(26(34)30-21-10-6-7-11-22(21)35-2)24(19-14-12-18(16-28)13-15-19)33-27(29-17)31-25(32-33)20-8-4-3-5-9-20/h3-15,24H,1-2H3,(H,30,34)(H,29,31,32). The topological polar surface area (TPSA) is 105 Å². The van der Waals surface area contributed by atoms with Crippen molar-refractivity contribution in [2.24, 2.45) is 0 Å². The first-order valence-electron chi connectivity index (χ1n) is 11.0. The van der Waals surface area contributed by atoms with Crippen LogP contribution in [-0.2, 0) is 4.79 Å². The van der Waals surface area contributed by atoms with Gasteiger partial charge in [-0.25, -0.2) is 4.68 Å². The molecule has 1 amide bonds. The fraction of sp³-hybridized carbons (Fsp3) is 0.111. The van der Waals surface area contributed by atoms with Gasteiger partial charge in [-0.05, 0) is 36.8 Å². The largest absolute Gasteiger partial charge is 0.495 e. The molecule has 4 aromatic rings. The van der Waals surface area contributed by atoms with Gasteiger partial charge in [0.25, 0.3) is 5.91 Å². The lowest BCUT2D eigenvalue weighted by Gasteiger charge is -2.28. The summed E-state index contributed by atoms with van der Waals surface area (Å²) in [5, 5.41) is 20.2. The quantitative estimate of drug-likeness (QED) is 0.443. The number of aromatic nitrogens is 3. The molecular formula is C27H22N6O2. The molecule has 0 saturated heterocycles. The number of para-hydroxylation sites is 2. The number of methoxy groups -OCH3 is 1. The van der Waals surface area contributed by atoms with Crippen molar-refractivity contribution in [2.45, 2.75) is 13.0 Å². The number of rotatable bonds is 5. The summed E-state index contributed by atoms with van der Waals surface area (Å²) in [7, 11) is 1.56. The van der Waals surface area contributed by atoms with Gasteiger partial charge in [0.1, 0.15) is 11.8 Å². The van der Waals surface area contributed by atoms with Crippen LogP contribution in [0.2, 0.25) is 0 Å². The third-order valence-corrected chi connectivity index (χ3v) is 5.84. The summed E-state index contributed by atoms with van der Waals surface area (Å²) < 4.78 is 7.12. The van der Waals surface area contributed by atoms with E-state index < -0.39 is 6.04 Å². The Labute approximate surface area is 202 Å². The number of nitrogens with zero attached hydrogens (tertiary/aromatic N) is 4. The molecule has 0 aliphatic carbocycles. The SMILES string of the molecule is COc1ccccc1NC(=O)C1=C(C)Nc2nc(-c3ccccc3)nn2C1c1ccc(C#N)cc1. The lowest BCUT2D eigenvalue weighted by molar-refractivity contribution is -0.113. The van der Waals surface area contributed by atoms with E-state index in [9.17, 15) is 10.1 Å². The predicted octanol–water partition coefficient (Wildman–Crippen LogP) is 4.75. The third kappa shape index (κ3) is 4.11. The van der Waals surface area contributed by atoms with Crippen LogP contribution in [0, 0.1) is 11.3 Å². The highest BCUT2D eigenvalue weighted by Gasteiger charge is 2.34. The van der Waals surface area contributed by atoms with Gasteiger partial charge >= 0.3 is 0 Å². The van der Waals surface area contributed by atoms with Gasteiger partial charge in [-0.1, -0.05) is 54.6 Å². The number of allylic oxidation sites excluding steroid dienone is 1. The van der Waals surface area contributed by atoms with Crippen LogP contribution >= 0.6 is 0 Å². The van der Waals surface area contributed by atoms with Gasteiger partial charge in [0.15, 0.2) is 5.82 Å². The monoisotopic (exact) mass is 462 g/mol. The Morgan fingerprint density at radius 2 is 1.77 bits per heavy atom. The number of carbonyl (C=O) groups is 1. The molecule has 3 aromatic carbocycles. The molecule has 35 heavy (non-hydrogen) atoms. The minimum absolute atomic E-state index is 0.295. The zero-order valence-corrected chi connectivity index (χ0v) is 19.2. The zero-order chi connectivity index (χ0) is 24.4. The van der Waals surface area contributed by atoms with E-state index in [2.05, 4.69) is 21.7 Å². The molecule has 0 spiro atoms. The van der Waals surface area contributed by atoms with E-state index in [0.717, 1.165) is 11.1 Å². The number of ether oxygens (including phenoxy) is 1. The molecule has 0 fully saturated rings. The van der Waals surface area contributed by atoms with Gasteiger partial charge in [0.2, 0.25) is 5.95 Å². The van der Waals surface area contributed by atoms with E-state index >= 15 is 0 Å². The van der Waals surface area contributed by atoms with E-state index in [1.165, 1.54) is 0 Å². The molecule has 8 heteroatoms. The van der Waals surface area contributed by atoms with Crippen LogP contribution in [0.4, 0.5) is 11.6 Å². The summed E-state index contributed by atoms with van der Waals surface area (Å²) in [6.45, 7) is 1.84. The number of carbonyl (C=O) groups excluding carboxylic acids is 1. The summed E-state index contributed by atoms with van der Waals surface area (Å²) in [6.07, 6.45) is 0. The summed E-state index contributed by atoms with van der Waals surface area (Å²) in [4.78, 5) is 18.3. The fourth-order valence-electron chi connectivity index (χ4n) is 4.14. The number of anilines is 2. The molecule has 1 unspecified atom stereocenters.